The molecule has 4 aliphatic carbocycles. The van der Waals surface area contributed by atoms with Gasteiger partial charge in [-0.05, 0) is 87.2 Å². The molecule has 1 saturated heterocycles. The van der Waals surface area contributed by atoms with Gasteiger partial charge < -0.3 is 34.3 Å². The summed E-state index contributed by atoms with van der Waals surface area (Å²) in [6, 6.07) is 8.89. The number of hydrogen-bond donors (Lipinski definition) is 3. The standard InChI is InChI=1S/C41H58O10/c1-23(42)49-33-20-30-36(3,4)32(51-35(45)25-13-11-10-12-14-25)21-34(50-24(2)43)40(30,9)29-17-18-38(7)27(15-16-28(38)39(29,33)8)26-19-31(44)41(47,48-22-26)37(5,6)46/h10-14,16,26-27,29-34,44,46-47H,15,17-22H2,1-9H3/t26-,27+,29+,30+,31-,32-,33-,34+,38+,39+,40-,41-/m1/s1. The molecule has 1 aromatic rings. The monoisotopic (exact) mass is 710 g/mol. The zero-order chi connectivity index (χ0) is 37.5. The summed E-state index contributed by atoms with van der Waals surface area (Å²) in [5.41, 5.74) is -2.02. The highest BCUT2D eigenvalue weighted by Crippen LogP contribution is 2.74. The maximum atomic E-state index is 13.4. The molecule has 5 aliphatic rings. The van der Waals surface area contributed by atoms with Crippen LogP contribution in [0, 0.1) is 45.3 Å². The summed E-state index contributed by atoms with van der Waals surface area (Å²) in [5.74, 6) is -3.42. The van der Waals surface area contributed by atoms with Crippen molar-refractivity contribution in [1.29, 1.82) is 0 Å². The topological polar surface area (TPSA) is 149 Å². The van der Waals surface area contributed by atoms with E-state index in [1.807, 2.05) is 6.07 Å². The third-order valence-corrected chi connectivity index (χ3v) is 14.6. The molecule has 10 nitrogen and oxygen atoms in total. The third kappa shape index (κ3) is 5.78. The van der Waals surface area contributed by atoms with E-state index in [1.54, 1.807) is 24.3 Å². The Morgan fingerprint density at radius 1 is 0.863 bits per heavy atom. The molecule has 0 aromatic heterocycles. The SMILES string of the molecule is CC(=O)O[C@H]1C[C@@H](OC(=O)c2ccccc2)C(C)(C)[C@@H]2C[C@@H](OC(C)=O)[C@@]3(C)C4=CC[C@@H]([C@H]5CO[C@@](O)(C(C)(C)O)[C@H](O)C5)[C@]4(C)CC[C@@H]3[C@@]12C. The molecule has 0 unspecified atom stereocenters. The number of hydrogen-bond acceptors (Lipinski definition) is 10. The molecular weight excluding hydrogens is 652 g/mol. The zero-order valence-electron chi connectivity index (χ0n) is 31.7. The van der Waals surface area contributed by atoms with Crippen LogP contribution in [0.15, 0.2) is 42.0 Å². The number of rotatable bonds is 6. The number of carbonyl (C=O) groups excluding carboxylic acids is 3. The molecule has 4 fully saturated rings. The summed E-state index contributed by atoms with van der Waals surface area (Å²) in [6.07, 6.45) is 2.90. The fourth-order valence-electron chi connectivity index (χ4n) is 12.0. The lowest BCUT2D eigenvalue weighted by atomic mass is 9.36. The third-order valence-electron chi connectivity index (χ3n) is 14.6. The lowest BCUT2D eigenvalue weighted by Gasteiger charge is -2.70. The van der Waals surface area contributed by atoms with Crippen LogP contribution in [0.25, 0.3) is 0 Å². The highest BCUT2D eigenvalue weighted by Gasteiger charge is 2.73. The second kappa shape index (κ2) is 12.7. The fraction of sp³-hybridized carbons (Fsp3) is 0.732. The first-order valence-electron chi connectivity index (χ1n) is 18.7. The maximum Gasteiger partial charge on any atom is 0.338 e. The van der Waals surface area contributed by atoms with Gasteiger partial charge in [0.1, 0.15) is 30.0 Å². The second-order valence-electron chi connectivity index (χ2n) is 18.0. The molecule has 0 radical (unpaired) electrons. The van der Waals surface area contributed by atoms with Crippen molar-refractivity contribution >= 4 is 17.9 Å². The van der Waals surface area contributed by atoms with E-state index in [9.17, 15) is 29.7 Å². The number of carbonyl (C=O) groups is 3. The van der Waals surface area contributed by atoms with Gasteiger partial charge in [-0.1, -0.05) is 64.5 Å². The Labute approximate surface area is 302 Å². The number of fused-ring (bicyclic) bond motifs is 5. The molecular formula is C41H58O10. The van der Waals surface area contributed by atoms with Gasteiger partial charge in [0.2, 0.25) is 5.79 Å². The molecule has 1 aromatic carbocycles. The summed E-state index contributed by atoms with van der Waals surface area (Å²) in [7, 11) is 0. The Hall–Kier alpha value is -2.79. The molecule has 51 heavy (non-hydrogen) atoms. The molecule has 0 bridgehead atoms. The summed E-state index contributed by atoms with van der Waals surface area (Å²) in [4.78, 5) is 39.1. The van der Waals surface area contributed by atoms with E-state index in [0.29, 0.717) is 18.4 Å². The molecule has 1 heterocycles. The Balaban J connectivity index is 1.37. The first-order valence-corrected chi connectivity index (χ1v) is 18.7. The smallest absolute Gasteiger partial charge is 0.338 e. The van der Waals surface area contributed by atoms with E-state index in [4.69, 9.17) is 18.9 Å². The van der Waals surface area contributed by atoms with Crippen molar-refractivity contribution in [1.82, 2.24) is 0 Å². The van der Waals surface area contributed by atoms with Crippen LogP contribution in [0.2, 0.25) is 0 Å². The van der Waals surface area contributed by atoms with Crippen LogP contribution in [0.4, 0.5) is 0 Å². The molecule has 12 atom stereocenters. The number of allylic oxidation sites excluding steroid dienone is 1. The van der Waals surface area contributed by atoms with Gasteiger partial charge in [0.25, 0.3) is 0 Å². The average molecular weight is 711 g/mol. The van der Waals surface area contributed by atoms with Crippen molar-refractivity contribution in [2.45, 2.75) is 137 Å². The largest absolute Gasteiger partial charge is 0.462 e. The Morgan fingerprint density at radius 3 is 2.08 bits per heavy atom. The molecule has 0 amide bonds. The Morgan fingerprint density at radius 2 is 1.49 bits per heavy atom. The Kier molecular flexibility index (Phi) is 9.43. The minimum Gasteiger partial charge on any atom is -0.462 e. The molecule has 0 spiro atoms. The summed E-state index contributed by atoms with van der Waals surface area (Å²) >= 11 is 0. The summed E-state index contributed by atoms with van der Waals surface area (Å²) < 4.78 is 24.8. The summed E-state index contributed by atoms with van der Waals surface area (Å²) in [5, 5.41) is 32.8. The van der Waals surface area contributed by atoms with Crippen LogP contribution in [0.3, 0.4) is 0 Å². The predicted octanol–water partition coefficient (Wildman–Crippen LogP) is 5.76. The van der Waals surface area contributed by atoms with Crippen LogP contribution in [-0.4, -0.2) is 75.6 Å². The average Bonchev–Trinajstić information content (AvgIpc) is 3.40. The second-order valence-corrected chi connectivity index (χ2v) is 18.0. The highest BCUT2D eigenvalue weighted by molar-refractivity contribution is 5.89. The van der Waals surface area contributed by atoms with E-state index in [1.165, 1.54) is 33.3 Å². The summed E-state index contributed by atoms with van der Waals surface area (Å²) in [6.45, 7) is 16.9. The van der Waals surface area contributed by atoms with E-state index < -0.39 is 58.0 Å². The molecule has 3 saturated carbocycles. The first kappa shape index (κ1) is 38.0. The van der Waals surface area contributed by atoms with Crippen molar-refractivity contribution in [3.63, 3.8) is 0 Å². The zero-order valence-corrected chi connectivity index (χ0v) is 31.7. The van der Waals surface area contributed by atoms with Gasteiger partial charge in [0.15, 0.2) is 0 Å². The van der Waals surface area contributed by atoms with Crippen molar-refractivity contribution < 1.29 is 48.7 Å². The molecule has 282 valence electrons. The number of esters is 3. The van der Waals surface area contributed by atoms with Gasteiger partial charge in [0.05, 0.1) is 12.2 Å². The number of aliphatic hydroxyl groups is 3. The van der Waals surface area contributed by atoms with Crippen LogP contribution < -0.4 is 0 Å². The van der Waals surface area contributed by atoms with Crippen molar-refractivity contribution in [2.24, 2.45) is 45.3 Å². The predicted molar refractivity (Wildman–Crippen MR) is 188 cm³/mol. The van der Waals surface area contributed by atoms with Gasteiger partial charge in [-0.3, -0.25) is 9.59 Å². The number of aliphatic hydroxyl groups excluding tert-OH is 1. The fourth-order valence-corrected chi connectivity index (χ4v) is 12.0. The highest BCUT2D eigenvalue weighted by atomic mass is 16.7. The Bertz CT molecular complexity index is 1560. The van der Waals surface area contributed by atoms with Gasteiger partial charge in [-0.25, -0.2) is 4.79 Å². The molecule has 1 aliphatic heterocycles. The number of benzene rings is 1. The van der Waals surface area contributed by atoms with E-state index in [-0.39, 0.29) is 54.1 Å². The van der Waals surface area contributed by atoms with Gasteiger partial charge in [0, 0.05) is 36.5 Å². The van der Waals surface area contributed by atoms with Gasteiger partial charge in [-0.15, -0.1) is 0 Å². The van der Waals surface area contributed by atoms with Crippen LogP contribution in [0.5, 0.6) is 0 Å². The minimum absolute atomic E-state index is 0.0472. The lowest BCUT2D eigenvalue weighted by molar-refractivity contribution is -0.353. The van der Waals surface area contributed by atoms with Crippen molar-refractivity contribution in [2.75, 3.05) is 6.61 Å². The molecule has 10 heteroatoms. The van der Waals surface area contributed by atoms with Gasteiger partial charge in [-0.2, -0.15) is 0 Å². The van der Waals surface area contributed by atoms with Crippen molar-refractivity contribution in [3.05, 3.63) is 47.5 Å². The van der Waals surface area contributed by atoms with Crippen LogP contribution >= 0.6 is 0 Å². The van der Waals surface area contributed by atoms with Crippen LogP contribution in [0.1, 0.15) is 111 Å². The maximum absolute atomic E-state index is 13.4. The normalized spacial score (nSPS) is 43.1. The lowest BCUT2D eigenvalue weighted by Crippen LogP contribution is -2.70. The van der Waals surface area contributed by atoms with Gasteiger partial charge >= 0.3 is 17.9 Å². The van der Waals surface area contributed by atoms with Crippen LogP contribution in [-0.2, 0) is 28.5 Å². The van der Waals surface area contributed by atoms with E-state index >= 15 is 0 Å². The number of ether oxygens (including phenoxy) is 4. The first-order chi connectivity index (χ1) is 23.6. The minimum atomic E-state index is -2.07. The quantitative estimate of drug-likeness (QED) is 0.189. The molecule has 3 N–H and O–H groups in total. The van der Waals surface area contributed by atoms with E-state index in [0.717, 1.165) is 19.3 Å². The van der Waals surface area contributed by atoms with Crippen molar-refractivity contribution in [3.8, 4) is 0 Å². The molecule has 6 rings (SSSR count). The van der Waals surface area contributed by atoms with E-state index in [2.05, 4.69) is 40.7 Å².